The number of hydrogen-bond acceptors (Lipinski definition) is 2. The van der Waals surface area contributed by atoms with E-state index in [-0.39, 0.29) is 11.2 Å². The van der Waals surface area contributed by atoms with Crippen LogP contribution in [0.5, 0.6) is 0 Å². The fourth-order valence-corrected chi connectivity index (χ4v) is 1.80. The summed E-state index contributed by atoms with van der Waals surface area (Å²) < 4.78 is 0. The maximum absolute atomic E-state index is 8.74. The minimum absolute atomic E-state index is 0.0348. The van der Waals surface area contributed by atoms with E-state index in [1.54, 1.807) is 0 Å². The number of rotatable bonds is 4. The maximum Gasteiger partial charge on any atom is 0.0678 e. The molecule has 0 aromatic rings. The lowest BCUT2D eigenvalue weighted by atomic mass is 9.95. The lowest BCUT2D eigenvalue weighted by Gasteiger charge is -2.28. The third kappa shape index (κ3) is 3.18. The van der Waals surface area contributed by atoms with E-state index in [1.807, 2.05) is 6.92 Å². The molecule has 0 heterocycles. The van der Waals surface area contributed by atoms with E-state index >= 15 is 0 Å². The molecule has 3 unspecified atom stereocenters. The first kappa shape index (κ1) is 10.9. The van der Waals surface area contributed by atoms with Crippen LogP contribution in [-0.4, -0.2) is 5.28 Å². The Bertz CT molecular complexity index is 149. The summed E-state index contributed by atoms with van der Waals surface area (Å²) in [5, 5.41) is 8.37. The second kappa shape index (κ2) is 4.70. The summed E-state index contributed by atoms with van der Waals surface area (Å²) in [6.45, 7) is 4.07. The molecule has 11 heavy (non-hydrogen) atoms. The molecule has 3 heteroatoms. The normalized spacial score (nSPS) is 18.5. The first-order chi connectivity index (χ1) is 5.08. The highest BCUT2D eigenvalue weighted by Gasteiger charge is 2.27. The Morgan fingerprint density at radius 1 is 1.64 bits per heavy atom. The van der Waals surface area contributed by atoms with Gasteiger partial charge in [0.15, 0.2) is 0 Å². The molecule has 0 aromatic carbocycles. The van der Waals surface area contributed by atoms with Crippen LogP contribution in [0.4, 0.5) is 0 Å². The summed E-state index contributed by atoms with van der Waals surface area (Å²) in [5.74, 6) is -0.0348. The van der Waals surface area contributed by atoms with Crippen LogP contribution < -0.4 is 5.73 Å². The van der Waals surface area contributed by atoms with E-state index in [0.29, 0.717) is 0 Å². The van der Waals surface area contributed by atoms with Crippen LogP contribution >= 0.6 is 9.24 Å². The Kier molecular flexibility index (Phi) is 4.65. The van der Waals surface area contributed by atoms with E-state index in [2.05, 4.69) is 22.2 Å². The molecular weight excluding hydrogens is 155 g/mol. The molecule has 0 aliphatic rings. The number of nitriles is 1. The van der Waals surface area contributed by atoms with Crippen molar-refractivity contribution < 1.29 is 0 Å². The van der Waals surface area contributed by atoms with Gasteiger partial charge in [-0.3, -0.25) is 0 Å². The molecule has 0 aliphatic heterocycles. The highest BCUT2D eigenvalue weighted by Crippen LogP contribution is 2.28. The smallest absolute Gasteiger partial charge is 0.0678 e. The van der Waals surface area contributed by atoms with E-state index < -0.39 is 0 Å². The molecule has 0 rings (SSSR count). The van der Waals surface area contributed by atoms with Crippen LogP contribution in [0.1, 0.15) is 33.1 Å². The van der Waals surface area contributed by atoms with Crippen LogP contribution in [-0.2, 0) is 0 Å². The zero-order valence-electron chi connectivity index (χ0n) is 7.30. The molecule has 2 N–H and O–H groups in total. The van der Waals surface area contributed by atoms with Crippen LogP contribution in [0, 0.1) is 17.2 Å². The lowest BCUT2D eigenvalue weighted by Crippen LogP contribution is -2.39. The van der Waals surface area contributed by atoms with Crippen molar-refractivity contribution in [2.45, 2.75) is 38.4 Å². The van der Waals surface area contributed by atoms with Crippen molar-refractivity contribution in [3.05, 3.63) is 0 Å². The first-order valence-corrected chi connectivity index (χ1v) is 4.63. The SMILES string of the molecule is CCCC(N)(P)C(C#N)CC. The predicted molar refractivity (Wildman–Crippen MR) is 50.9 cm³/mol. The fraction of sp³-hybridized carbons (Fsp3) is 0.875. The van der Waals surface area contributed by atoms with Crippen LogP contribution in [0.2, 0.25) is 0 Å². The lowest BCUT2D eigenvalue weighted by molar-refractivity contribution is 0.422. The average Bonchev–Trinajstić information content (AvgIpc) is 1.89. The average molecular weight is 172 g/mol. The Morgan fingerprint density at radius 2 is 2.18 bits per heavy atom. The van der Waals surface area contributed by atoms with Crippen molar-refractivity contribution in [3.63, 3.8) is 0 Å². The third-order valence-corrected chi connectivity index (χ3v) is 2.59. The topological polar surface area (TPSA) is 49.8 Å². The van der Waals surface area contributed by atoms with Crippen molar-refractivity contribution >= 4 is 9.24 Å². The summed E-state index contributed by atoms with van der Waals surface area (Å²) in [4.78, 5) is 0. The van der Waals surface area contributed by atoms with Gasteiger partial charge in [-0.25, -0.2) is 0 Å². The quantitative estimate of drug-likeness (QED) is 0.658. The number of hydrogen-bond donors (Lipinski definition) is 1. The monoisotopic (exact) mass is 172 g/mol. The van der Waals surface area contributed by atoms with Crippen molar-refractivity contribution in [3.8, 4) is 6.07 Å². The van der Waals surface area contributed by atoms with Gasteiger partial charge in [-0.1, -0.05) is 20.3 Å². The van der Waals surface area contributed by atoms with E-state index in [0.717, 1.165) is 19.3 Å². The van der Waals surface area contributed by atoms with E-state index in [4.69, 9.17) is 11.0 Å². The first-order valence-electron chi connectivity index (χ1n) is 4.05. The van der Waals surface area contributed by atoms with E-state index in [1.165, 1.54) is 0 Å². The predicted octanol–water partition coefficient (Wildman–Crippen LogP) is 1.87. The standard InChI is InChI=1S/C8H17N2P/c1-3-5-8(10,11)7(4-2)6-9/h7H,3-5,10-11H2,1-2H3. The summed E-state index contributed by atoms with van der Waals surface area (Å²) in [7, 11) is 2.60. The van der Waals surface area contributed by atoms with Gasteiger partial charge < -0.3 is 5.73 Å². The van der Waals surface area contributed by atoms with Crippen LogP contribution in [0.15, 0.2) is 0 Å². The number of nitrogens with zero attached hydrogens (tertiary/aromatic N) is 1. The highest BCUT2D eigenvalue weighted by molar-refractivity contribution is 7.18. The van der Waals surface area contributed by atoms with Crippen molar-refractivity contribution in [2.75, 3.05) is 0 Å². The number of nitrogens with two attached hydrogens (primary N) is 1. The molecule has 0 spiro atoms. The molecule has 0 saturated heterocycles. The molecular formula is C8H17N2P. The summed E-state index contributed by atoms with van der Waals surface area (Å²) in [6.07, 6.45) is 2.75. The van der Waals surface area contributed by atoms with Gasteiger partial charge in [0.05, 0.1) is 12.0 Å². The molecule has 0 radical (unpaired) electrons. The van der Waals surface area contributed by atoms with Gasteiger partial charge in [-0.15, -0.1) is 9.24 Å². The molecule has 2 nitrogen and oxygen atoms in total. The Balaban J connectivity index is 4.15. The van der Waals surface area contributed by atoms with Crippen LogP contribution in [0.25, 0.3) is 0 Å². The largest absolute Gasteiger partial charge is 0.321 e. The molecule has 3 atom stereocenters. The Morgan fingerprint density at radius 3 is 2.45 bits per heavy atom. The molecule has 0 amide bonds. The van der Waals surface area contributed by atoms with Gasteiger partial charge in [0, 0.05) is 5.28 Å². The molecule has 0 saturated carbocycles. The molecule has 64 valence electrons. The molecule has 0 aromatic heterocycles. The van der Waals surface area contributed by atoms with Gasteiger partial charge in [-0.05, 0) is 12.8 Å². The van der Waals surface area contributed by atoms with Crippen molar-refractivity contribution in [1.82, 2.24) is 0 Å². The van der Waals surface area contributed by atoms with Gasteiger partial charge in [0.2, 0.25) is 0 Å². The second-order valence-corrected chi connectivity index (χ2v) is 4.03. The second-order valence-electron chi connectivity index (χ2n) is 2.95. The minimum atomic E-state index is -0.377. The highest BCUT2D eigenvalue weighted by atomic mass is 31.0. The van der Waals surface area contributed by atoms with Gasteiger partial charge in [0.1, 0.15) is 0 Å². The summed E-state index contributed by atoms with van der Waals surface area (Å²) in [6, 6.07) is 2.23. The molecule has 0 bridgehead atoms. The summed E-state index contributed by atoms with van der Waals surface area (Å²) in [5.41, 5.74) is 5.93. The molecule has 0 aliphatic carbocycles. The zero-order chi connectivity index (χ0) is 8.91. The Labute approximate surface area is 71.4 Å². The van der Waals surface area contributed by atoms with Gasteiger partial charge in [-0.2, -0.15) is 5.26 Å². The van der Waals surface area contributed by atoms with Crippen LogP contribution in [0.3, 0.4) is 0 Å². The fourth-order valence-electron chi connectivity index (χ4n) is 1.20. The van der Waals surface area contributed by atoms with Gasteiger partial charge in [0.25, 0.3) is 0 Å². The van der Waals surface area contributed by atoms with Gasteiger partial charge >= 0.3 is 0 Å². The Hall–Kier alpha value is -0.120. The minimum Gasteiger partial charge on any atom is -0.321 e. The molecule has 0 fully saturated rings. The maximum atomic E-state index is 8.74. The van der Waals surface area contributed by atoms with Crippen molar-refractivity contribution in [1.29, 1.82) is 5.26 Å². The van der Waals surface area contributed by atoms with E-state index in [9.17, 15) is 0 Å². The van der Waals surface area contributed by atoms with Crippen molar-refractivity contribution in [2.24, 2.45) is 11.7 Å². The zero-order valence-corrected chi connectivity index (χ0v) is 8.46. The third-order valence-electron chi connectivity index (χ3n) is 1.90. The summed E-state index contributed by atoms with van der Waals surface area (Å²) >= 11 is 0.